The van der Waals surface area contributed by atoms with Crippen LogP contribution < -0.4 is 5.32 Å². The predicted molar refractivity (Wildman–Crippen MR) is 81.8 cm³/mol. The highest BCUT2D eigenvalue weighted by Gasteiger charge is 2.12. The van der Waals surface area contributed by atoms with Crippen molar-refractivity contribution in [2.24, 2.45) is 0 Å². The number of hydrogen-bond donors (Lipinski definition) is 1. The van der Waals surface area contributed by atoms with Gasteiger partial charge in [-0.2, -0.15) is 0 Å². The lowest BCUT2D eigenvalue weighted by Gasteiger charge is -2.20. The van der Waals surface area contributed by atoms with Gasteiger partial charge >= 0.3 is 0 Å². The summed E-state index contributed by atoms with van der Waals surface area (Å²) in [6, 6.07) is 15.2. The highest BCUT2D eigenvalue weighted by Crippen LogP contribution is 2.29. The van der Waals surface area contributed by atoms with Gasteiger partial charge in [-0.05, 0) is 46.1 Å². The maximum atomic E-state index is 13.3. The summed E-state index contributed by atoms with van der Waals surface area (Å²) >= 11 is 3.45. The van der Waals surface area contributed by atoms with Crippen LogP contribution in [0.3, 0.4) is 0 Å². The Kier molecular flexibility index (Phi) is 4.97. The first-order chi connectivity index (χ1) is 9.20. The van der Waals surface area contributed by atoms with Crippen molar-refractivity contribution in [1.29, 1.82) is 0 Å². The lowest BCUT2D eigenvalue weighted by atomic mass is 10.0. The third-order valence-electron chi connectivity index (χ3n) is 3.04. The minimum Gasteiger partial charge on any atom is -0.377 e. The van der Waals surface area contributed by atoms with Gasteiger partial charge in [0.05, 0.1) is 11.7 Å². The van der Waals surface area contributed by atoms with Crippen LogP contribution in [0, 0.1) is 5.82 Å². The SMILES string of the molecule is CCCC(Nc1cc(F)ccc1Br)c1ccccc1. The molecule has 0 heterocycles. The summed E-state index contributed by atoms with van der Waals surface area (Å²) in [6.45, 7) is 2.15. The smallest absolute Gasteiger partial charge is 0.125 e. The summed E-state index contributed by atoms with van der Waals surface area (Å²) in [5, 5.41) is 3.42. The fraction of sp³-hybridized carbons (Fsp3) is 0.250. The van der Waals surface area contributed by atoms with E-state index in [1.54, 1.807) is 6.07 Å². The van der Waals surface area contributed by atoms with E-state index in [1.807, 2.05) is 18.2 Å². The molecule has 0 radical (unpaired) electrons. The molecule has 0 saturated heterocycles. The minimum absolute atomic E-state index is 0.198. The van der Waals surface area contributed by atoms with E-state index in [9.17, 15) is 4.39 Å². The average Bonchev–Trinajstić information content (AvgIpc) is 2.43. The van der Waals surface area contributed by atoms with Crippen LogP contribution in [0.15, 0.2) is 53.0 Å². The number of benzene rings is 2. The summed E-state index contributed by atoms with van der Waals surface area (Å²) in [5.74, 6) is -0.228. The van der Waals surface area contributed by atoms with Gasteiger partial charge in [0.15, 0.2) is 0 Å². The lowest BCUT2D eigenvalue weighted by molar-refractivity contribution is 0.626. The maximum Gasteiger partial charge on any atom is 0.125 e. The molecule has 1 N–H and O–H groups in total. The third-order valence-corrected chi connectivity index (χ3v) is 3.73. The molecule has 0 amide bonds. The third kappa shape index (κ3) is 3.80. The fourth-order valence-electron chi connectivity index (χ4n) is 2.09. The molecule has 0 aliphatic heterocycles. The minimum atomic E-state index is -0.228. The van der Waals surface area contributed by atoms with Crippen molar-refractivity contribution in [2.45, 2.75) is 25.8 Å². The largest absolute Gasteiger partial charge is 0.377 e. The van der Waals surface area contributed by atoms with Gasteiger partial charge in [0, 0.05) is 4.47 Å². The van der Waals surface area contributed by atoms with Crippen LogP contribution in [0.2, 0.25) is 0 Å². The topological polar surface area (TPSA) is 12.0 Å². The van der Waals surface area contributed by atoms with E-state index in [4.69, 9.17) is 0 Å². The molecule has 1 unspecified atom stereocenters. The zero-order valence-electron chi connectivity index (χ0n) is 10.9. The number of hydrogen-bond acceptors (Lipinski definition) is 1. The fourth-order valence-corrected chi connectivity index (χ4v) is 2.45. The van der Waals surface area contributed by atoms with Crippen LogP contribution in [0.4, 0.5) is 10.1 Å². The van der Waals surface area contributed by atoms with E-state index in [1.165, 1.54) is 17.7 Å². The average molecular weight is 322 g/mol. The van der Waals surface area contributed by atoms with E-state index in [0.717, 1.165) is 23.0 Å². The van der Waals surface area contributed by atoms with Gasteiger partial charge < -0.3 is 5.32 Å². The Morgan fingerprint density at radius 1 is 1.16 bits per heavy atom. The zero-order valence-corrected chi connectivity index (χ0v) is 12.5. The highest BCUT2D eigenvalue weighted by molar-refractivity contribution is 9.10. The van der Waals surface area contributed by atoms with E-state index in [0.29, 0.717) is 0 Å². The Bertz CT molecular complexity index is 528. The maximum absolute atomic E-state index is 13.3. The van der Waals surface area contributed by atoms with Gasteiger partial charge in [-0.15, -0.1) is 0 Å². The van der Waals surface area contributed by atoms with E-state index in [-0.39, 0.29) is 11.9 Å². The number of nitrogens with one attached hydrogen (secondary N) is 1. The lowest BCUT2D eigenvalue weighted by Crippen LogP contribution is -2.11. The van der Waals surface area contributed by atoms with Crippen molar-refractivity contribution in [3.05, 3.63) is 64.4 Å². The van der Waals surface area contributed by atoms with Gasteiger partial charge in [0.2, 0.25) is 0 Å². The Morgan fingerprint density at radius 2 is 1.89 bits per heavy atom. The van der Waals surface area contributed by atoms with Gasteiger partial charge in [0.1, 0.15) is 5.82 Å². The summed E-state index contributed by atoms with van der Waals surface area (Å²) in [6.07, 6.45) is 2.08. The summed E-state index contributed by atoms with van der Waals surface area (Å²) in [7, 11) is 0. The van der Waals surface area contributed by atoms with Crippen molar-refractivity contribution >= 4 is 21.6 Å². The van der Waals surface area contributed by atoms with Crippen molar-refractivity contribution in [2.75, 3.05) is 5.32 Å². The quantitative estimate of drug-likeness (QED) is 0.762. The van der Waals surface area contributed by atoms with E-state index >= 15 is 0 Å². The summed E-state index contributed by atoms with van der Waals surface area (Å²) in [4.78, 5) is 0. The second-order valence-electron chi connectivity index (χ2n) is 4.52. The van der Waals surface area contributed by atoms with Crippen molar-refractivity contribution < 1.29 is 4.39 Å². The highest BCUT2D eigenvalue weighted by atomic mass is 79.9. The molecular formula is C16H17BrFN. The number of rotatable bonds is 5. The molecule has 3 heteroatoms. The Balaban J connectivity index is 2.24. The van der Waals surface area contributed by atoms with Gasteiger partial charge in [-0.3, -0.25) is 0 Å². The Hall–Kier alpha value is -1.35. The van der Waals surface area contributed by atoms with E-state index in [2.05, 4.69) is 40.3 Å². The monoisotopic (exact) mass is 321 g/mol. The van der Waals surface area contributed by atoms with Crippen LogP contribution in [0.5, 0.6) is 0 Å². The molecule has 2 aromatic rings. The molecule has 0 saturated carbocycles. The molecule has 0 bridgehead atoms. The molecular weight excluding hydrogens is 305 g/mol. The summed E-state index contributed by atoms with van der Waals surface area (Å²) in [5.41, 5.74) is 2.02. The molecule has 0 fully saturated rings. The molecule has 0 spiro atoms. The van der Waals surface area contributed by atoms with Crippen LogP contribution >= 0.6 is 15.9 Å². The molecule has 1 nitrogen and oxygen atoms in total. The molecule has 1 atom stereocenters. The number of halogens is 2. The van der Waals surface area contributed by atoms with Crippen LogP contribution in [-0.4, -0.2) is 0 Å². The second kappa shape index (κ2) is 6.71. The first kappa shape index (κ1) is 14.1. The summed E-state index contributed by atoms with van der Waals surface area (Å²) < 4.78 is 14.2. The van der Waals surface area contributed by atoms with Gasteiger partial charge in [-0.1, -0.05) is 43.7 Å². The zero-order chi connectivity index (χ0) is 13.7. The van der Waals surface area contributed by atoms with Crippen LogP contribution in [-0.2, 0) is 0 Å². The van der Waals surface area contributed by atoms with Crippen LogP contribution in [0.25, 0.3) is 0 Å². The molecule has 0 aliphatic rings. The molecule has 0 aliphatic carbocycles. The van der Waals surface area contributed by atoms with Gasteiger partial charge in [0.25, 0.3) is 0 Å². The standard InChI is InChI=1S/C16H17BrFN/c1-2-6-15(12-7-4-3-5-8-12)19-16-11-13(18)9-10-14(16)17/h3-5,7-11,15,19H,2,6H2,1H3. The Labute approximate surface area is 122 Å². The molecule has 2 rings (SSSR count). The van der Waals surface area contributed by atoms with Crippen molar-refractivity contribution in [3.8, 4) is 0 Å². The normalized spacial score (nSPS) is 12.2. The molecule has 2 aromatic carbocycles. The van der Waals surface area contributed by atoms with Gasteiger partial charge in [-0.25, -0.2) is 4.39 Å². The first-order valence-corrected chi connectivity index (χ1v) is 7.26. The molecule has 19 heavy (non-hydrogen) atoms. The second-order valence-corrected chi connectivity index (χ2v) is 5.37. The van der Waals surface area contributed by atoms with Crippen LogP contribution in [0.1, 0.15) is 31.4 Å². The predicted octanol–water partition coefficient (Wildman–Crippen LogP) is 5.54. The Morgan fingerprint density at radius 3 is 2.58 bits per heavy atom. The first-order valence-electron chi connectivity index (χ1n) is 6.47. The van der Waals surface area contributed by atoms with Crippen molar-refractivity contribution in [3.63, 3.8) is 0 Å². The number of anilines is 1. The molecule has 0 aromatic heterocycles. The van der Waals surface area contributed by atoms with E-state index < -0.39 is 0 Å². The molecule has 100 valence electrons. The van der Waals surface area contributed by atoms with Crippen molar-refractivity contribution in [1.82, 2.24) is 0 Å².